The second kappa shape index (κ2) is 11.6. The molecule has 0 saturated carbocycles. The average Bonchev–Trinajstić information content (AvgIpc) is 3.56. The Morgan fingerprint density at radius 2 is 1.88 bits per heavy atom. The van der Waals surface area contributed by atoms with Gasteiger partial charge in [-0.2, -0.15) is 10.2 Å². The molecule has 6 heterocycles. The molecule has 0 radical (unpaired) electrons. The van der Waals surface area contributed by atoms with Crippen LogP contribution in [0.5, 0.6) is 11.6 Å². The van der Waals surface area contributed by atoms with E-state index in [1.807, 2.05) is 43.2 Å². The van der Waals surface area contributed by atoms with E-state index in [0.29, 0.717) is 42.1 Å². The molecular formula is C28H36N10O2. The summed E-state index contributed by atoms with van der Waals surface area (Å²) >= 11 is 0. The third kappa shape index (κ3) is 5.92. The summed E-state index contributed by atoms with van der Waals surface area (Å²) in [6.07, 6.45) is 8.90. The van der Waals surface area contributed by atoms with Crippen molar-refractivity contribution in [3.63, 3.8) is 0 Å². The van der Waals surface area contributed by atoms with Gasteiger partial charge in [0.05, 0.1) is 30.2 Å². The molecule has 2 aliphatic heterocycles. The summed E-state index contributed by atoms with van der Waals surface area (Å²) in [7, 11) is 4.03. The van der Waals surface area contributed by atoms with Crippen LogP contribution in [0.25, 0.3) is 22.6 Å². The smallest absolute Gasteiger partial charge is 0.222 e. The number of hydrogen-bond acceptors (Lipinski definition) is 10. The summed E-state index contributed by atoms with van der Waals surface area (Å²) in [5.41, 5.74) is 2.42. The van der Waals surface area contributed by atoms with Crippen LogP contribution in [0.15, 0.2) is 43.0 Å². The Bertz CT molecular complexity index is 1440. The second-order valence-electron chi connectivity index (χ2n) is 10.5. The molecule has 12 heteroatoms. The number of aromatic nitrogens is 7. The zero-order chi connectivity index (χ0) is 27.5. The van der Waals surface area contributed by atoms with E-state index in [4.69, 9.17) is 14.6 Å². The number of aryl methyl sites for hydroxylation is 2. The highest BCUT2D eigenvalue weighted by Gasteiger charge is 2.19. The van der Waals surface area contributed by atoms with Crippen molar-refractivity contribution in [2.45, 2.75) is 32.4 Å². The van der Waals surface area contributed by atoms with Crippen LogP contribution < -0.4 is 14.8 Å². The van der Waals surface area contributed by atoms with E-state index in [-0.39, 0.29) is 6.10 Å². The molecule has 4 aromatic rings. The first-order valence-corrected chi connectivity index (χ1v) is 13.9. The Balaban J connectivity index is 1.21. The zero-order valence-electron chi connectivity index (χ0n) is 23.3. The molecule has 0 unspecified atom stereocenters. The third-order valence-electron chi connectivity index (χ3n) is 7.37. The number of ether oxygens (including phenoxy) is 2. The number of pyridine rings is 1. The number of nitrogens with one attached hydrogen (secondary N) is 1. The van der Waals surface area contributed by atoms with Crippen LogP contribution in [0.1, 0.15) is 19.8 Å². The standard InChI is InChI=1S/C28H36N10O2/c1-20-7-16-39-28-22(19-31-36(28)3)27-29-8-5-25(33-27)32-26-17-24(40-20)21(18-30-26)23-6-11-38(34-23)10-4-9-37-14-12-35(2)13-15-37/h5-6,8,11,17-20H,4,7,9-10,12-16H2,1-3H3,(H,29,30,32,33)/t20-/m0/s1. The SMILES string of the molecule is C[C@H]1CCOc2c(cnn2C)-c2nccc(n2)Nc2cc(c(-c3ccn(CCCN4CCN(C)CC4)n3)cn2)O1. The number of anilines is 2. The lowest BCUT2D eigenvalue weighted by molar-refractivity contribution is 0.151. The number of fused-ring (bicyclic) bond motifs is 6. The van der Waals surface area contributed by atoms with Crippen molar-refractivity contribution in [1.29, 1.82) is 0 Å². The topological polar surface area (TPSA) is 111 Å². The lowest BCUT2D eigenvalue weighted by atomic mass is 10.2. The van der Waals surface area contributed by atoms with Gasteiger partial charge in [0.1, 0.15) is 22.9 Å². The molecule has 4 aromatic heterocycles. The molecule has 12 nitrogen and oxygen atoms in total. The lowest BCUT2D eigenvalue weighted by Crippen LogP contribution is -2.44. The predicted octanol–water partition coefficient (Wildman–Crippen LogP) is 3.07. The van der Waals surface area contributed by atoms with Gasteiger partial charge in [0.25, 0.3) is 0 Å². The van der Waals surface area contributed by atoms with Crippen LogP contribution in [-0.2, 0) is 13.6 Å². The van der Waals surface area contributed by atoms with Crippen LogP contribution in [-0.4, -0.2) is 96.8 Å². The first kappa shape index (κ1) is 26.2. The van der Waals surface area contributed by atoms with E-state index in [9.17, 15) is 0 Å². The Kier molecular flexibility index (Phi) is 7.60. The van der Waals surface area contributed by atoms with E-state index in [1.54, 1.807) is 23.1 Å². The number of nitrogens with zero attached hydrogens (tertiary/aromatic N) is 9. The van der Waals surface area contributed by atoms with Gasteiger partial charge in [0.2, 0.25) is 5.88 Å². The Hall–Kier alpha value is -4.03. The predicted molar refractivity (Wildman–Crippen MR) is 152 cm³/mol. The molecule has 6 rings (SSSR count). The summed E-state index contributed by atoms with van der Waals surface area (Å²) in [6, 6.07) is 5.73. The maximum absolute atomic E-state index is 6.44. The molecule has 0 amide bonds. The van der Waals surface area contributed by atoms with Crippen LogP contribution in [0.3, 0.4) is 0 Å². The van der Waals surface area contributed by atoms with Crippen molar-refractivity contribution < 1.29 is 9.47 Å². The minimum absolute atomic E-state index is 0.103. The normalized spacial score (nSPS) is 18.2. The van der Waals surface area contributed by atoms with Crippen molar-refractivity contribution in [3.05, 3.63) is 43.0 Å². The van der Waals surface area contributed by atoms with E-state index in [2.05, 4.69) is 42.2 Å². The van der Waals surface area contributed by atoms with Crippen molar-refractivity contribution in [2.75, 3.05) is 51.7 Å². The third-order valence-corrected chi connectivity index (χ3v) is 7.37. The van der Waals surface area contributed by atoms with E-state index in [0.717, 1.165) is 62.5 Å². The van der Waals surface area contributed by atoms with Crippen LogP contribution in [0.4, 0.5) is 11.6 Å². The van der Waals surface area contributed by atoms with Gasteiger partial charge in [-0.15, -0.1) is 0 Å². The summed E-state index contributed by atoms with van der Waals surface area (Å²) in [5, 5.41) is 12.5. The summed E-state index contributed by atoms with van der Waals surface area (Å²) in [4.78, 5) is 18.7. The van der Waals surface area contributed by atoms with Crippen molar-refractivity contribution in [1.82, 2.24) is 44.3 Å². The second-order valence-corrected chi connectivity index (χ2v) is 10.5. The average molecular weight is 545 g/mol. The fourth-order valence-corrected chi connectivity index (χ4v) is 4.99. The monoisotopic (exact) mass is 544 g/mol. The number of rotatable bonds is 5. The van der Waals surface area contributed by atoms with Crippen molar-refractivity contribution >= 4 is 11.6 Å². The first-order valence-electron chi connectivity index (χ1n) is 13.9. The van der Waals surface area contributed by atoms with Gasteiger partial charge >= 0.3 is 0 Å². The molecule has 1 atom stereocenters. The van der Waals surface area contributed by atoms with Crippen LogP contribution in [0, 0.1) is 0 Å². The Labute approximate surface area is 234 Å². The van der Waals surface area contributed by atoms with Gasteiger partial charge in [-0.3, -0.25) is 4.68 Å². The molecule has 1 saturated heterocycles. The highest BCUT2D eigenvalue weighted by molar-refractivity contribution is 5.70. The van der Waals surface area contributed by atoms with E-state index >= 15 is 0 Å². The van der Waals surface area contributed by atoms with Gasteiger partial charge in [-0.05, 0) is 39.1 Å². The Morgan fingerprint density at radius 3 is 2.75 bits per heavy atom. The molecule has 0 aliphatic carbocycles. The fraction of sp³-hybridized carbons (Fsp3) is 0.464. The summed E-state index contributed by atoms with van der Waals surface area (Å²) in [5.74, 6) is 3.10. The molecule has 210 valence electrons. The van der Waals surface area contributed by atoms with Gasteiger partial charge in [0, 0.05) is 70.8 Å². The Morgan fingerprint density at radius 1 is 1.00 bits per heavy atom. The fourth-order valence-electron chi connectivity index (χ4n) is 4.99. The van der Waals surface area contributed by atoms with Crippen LogP contribution >= 0.6 is 0 Å². The van der Waals surface area contributed by atoms with Gasteiger partial charge < -0.3 is 24.6 Å². The van der Waals surface area contributed by atoms with Crippen LogP contribution in [0.2, 0.25) is 0 Å². The molecule has 40 heavy (non-hydrogen) atoms. The number of likely N-dealkylation sites (N-methyl/N-ethyl adjacent to an activating group) is 1. The molecule has 4 bridgehead atoms. The van der Waals surface area contributed by atoms with Crippen molar-refractivity contribution in [3.8, 4) is 34.3 Å². The summed E-state index contributed by atoms with van der Waals surface area (Å²) in [6.45, 7) is 9.01. The van der Waals surface area contributed by atoms with Crippen molar-refractivity contribution in [2.24, 2.45) is 7.05 Å². The van der Waals surface area contributed by atoms with Gasteiger partial charge in [0.15, 0.2) is 5.82 Å². The van der Waals surface area contributed by atoms with Gasteiger partial charge in [-0.1, -0.05) is 0 Å². The first-order chi connectivity index (χ1) is 19.5. The number of piperazine rings is 1. The maximum atomic E-state index is 6.44. The highest BCUT2D eigenvalue weighted by atomic mass is 16.5. The van der Waals surface area contributed by atoms with Gasteiger partial charge in [-0.25, -0.2) is 19.6 Å². The molecule has 1 fully saturated rings. The molecule has 2 aliphatic rings. The number of hydrogen-bond donors (Lipinski definition) is 1. The molecule has 0 spiro atoms. The highest BCUT2D eigenvalue weighted by Crippen LogP contribution is 2.33. The largest absolute Gasteiger partial charge is 0.490 e. The van der Waals surface area contributed by atoms with E-state index in [1.165, 1.54) is 0 Å². The quantitative estimate of drug-likeness (QED) is 0.402. The maximum Gasteiger partial charge on any atom is 0.222 e. The zero-order valence-corrected chi connectivity index (χ0v) is 23.3. The molecular weight excluding hydrogens is 508 g/mol. The summed E-state index contributed by atoms with van der Waals surface area (Å²) < 4.78 is 16.3. The minimum atomic E-state index is -0.103. The molecule has 1 N–H and O–H groups in total. The molecule has 0 aromatic carbocycles. The lowest BCUT2D eigenvalue weighted by Gasteiger charge is -2.32. The minimum Gasteiger partial charge on any atom is -0.490 e. The van der Waals surface area contributed by atoms with E-state index < -0.39 is 0 Å².